The third kappa shape index (κ3) is 4.05. The fourth-order valence-corrected chi connectivity index (χ4v) is 3.46. The van der Waals surface area contributed by atoms with Crippen LogP contribution >= 0.6 is 11.8 Å². The zero-order valence-corrected chi connectivity index (χ0v) is 15.4. The molecule has 2 aromatic rings. The third-order valence-electron chi connectivity index (χ3n) is 4.25. The molecule has 1 aliphatic heterocycles. The Balaban J connectivity index is 1.63. The van der Waals surface area contributed by atoms with Crippen molar-refractivity contribution in [2.75, 3.05) is 11.5 Å². The van der Waals surface area contributed by atoms with Crippen LogP contribution in [0.3, 0.4) is 0 Å². The molecule has 0 spiro atoms. The predicted octanol–water partition coefficient (Wildman–Crippen LogP) is 1.72. The molecule has 1 aliphatic rings. The highest BCUT2D eigenvalue weighted by Crippen LogP contribution is 2.35. The van der Waals surface area contributed by atoms with E-state index in [1.54, 1.807) is 0 Å². The van der Waals surface area contributed by atoms with E-state index in [1.165, 1.54) is 24.3 Å². The number of aliphatic hydroxyl groups excluding tert-OH is 2. The first-order chi connectivity index (χ1) is 12.9. The average Bonchev–Trinajstić information content (AvgIpc) is 3.11. The number of aliphatic imine (C=N–C) groups is 1. The maximum absolute atomic E-state index is 10.4. The maximum Gasteiger partial charge on any atom is 0.153 e. The summed E-state index contributed by atoms with van der Waals surface area (Å²) in [6, 6.07) is 7.82. The molecule has 0 aliphatic carbocycles. The molecule has 9 heteroatoms. The molecule has 27 heavy (non-hydrogen) atoms. The van der Waals surface area contributed by atoms with Gasteiger partial charge in [0.2, 0.25) is 0 Å². The molecule has 1 aromatic heterocycles. The first-order valence-electron chi connectivity index (χ1n) is 8.24. The van der Waals surface area contributed by atoms with Crippen molar-refractivity contribution < 1.29 is 10.2 Å². The van der Waals surface area contributed by atoms with Gasteiger partial charge in [0.05, 0.1) is 23.0 Å². The van der Waals surface area contributed by atoms with Crippen LogP contribution in [0.25, 0.3) is 0 Å². The van der Waals surface area contributed by atoms with E-state index in [4.69, 9.17) is 16.6 Å². The highest BCUT2D eigenvalue weighted by atomic mass is 32.2. The number of nitrogens with one attached hydrogen (secondary N) is 2. The second-order valence-electron chi connectivity index (χ2n) is 6.22. The molecule has 0 amide bonds. The summed E-state index contributed by atoms with van der Waals surface area (Å²) < 4.78 is 0. The van der Waals surface area contributed by atoms with Crippen LogP contribution < -0.4 is 5.73 Å². The van der Waals surface area contributed by atoms with E-state index >= 15 is 0 Å². The molecule has 6 N–H and O–H groups in total. The van der Waals surface area contributed by atoms with E-state index in [9.17, 15) is 10.2 Å². The monoisotopic (exact) mass is 384 g/mol. The van der Waals surface area contributed by atoms with E-state index in [0.717, 1.165) is 10.5 Å². The Morgan fingerprint density at radius 1 is 1.19 bits per heavy atom. The van der Waals surface area contributed by atoms with E-state index < -0.39 is 18.1 Å². The summed E-state index contributed by atoms with van der Waals surface area (Å²) in [4.78, 5) is 13.0. The smallest absolute Gasteiger partial charge is 0.153 e. The van der Waals surface area contributed by atoms with Crippen LogP contribution in [0.1, 0.15) is 17.2 Å². The Hall–Kier alpha value is -2.62. The van der Waals surface area contributed by atoms with Gasteiger partial charge in [0.15, 0.2) is 5.82 Å². The number of nitrogens with zero attached hydrogens (tertiary/aromatic N) is 3. The van der Waals surface area contributed by atoms with Gasteiger partial charge in [-0.1, -0.05) is 17.7 Å². The van der Waals surface area contributed by atoms with Crippen LogP contribution in [-0.2, 0) is 0 Å². The maximum atomic E-state index is 10.4. The SMILES string of the molecule is Cc1ccc(SCC(=N)[C@H](O)[C@H](O)C(=N)C2C=Nc3c(N)ncnc32)cc1. The summed E-state index contributed by atoms with van der Waals surface area (Å²) in [6.07, 6.45) is -0.299. The van der Waals surface area contributed by atoms with Gasteiger partial charge in [-0.25, -0.2) is 9.97 Å². The quantitative estimate of drug-likeness (QED) is 0.362. The van der Waals surface area contributed by atoms with Gasteiger partial charge in [0, 0.05) is 16.9 Å². The van der Waals surface area contributed by atoms with E-state index in [1.807, 2.05) is 31.2 Å². The first-order valence-corrected chi connectivity index (χ1v) is 9.23. The van der Waals surface area contributed by atoms with Gasteiger partial charge in [0.1, 0.15) is 24.2 Å². The van der Waals surface area contributed by atoms with Crippen molar-refractivity contribution in [3.63, 3.8) is 0 Å². The number of hydrogen-bond donors (Lipinski definition) is 5. The number of rotatable bonds is 7. The van der Waals surface area contributed by atoms with Crippen molar-refractivity contribution in [3.8, 4) is 0 Å². The molecule has 3 rings (SSSR count). The molecular formula is C18H20N6O2S. The van der Waals surface area contributed by atoms with E-state index in [2.05, 4.69) is 15.0 Å². The van der Waals surface area contributed by atoms with Crippen LogP contribution in [0, 0.1) is 17.7 Å². The lowest BCUT2D eigenvalue weighted by Gasteiger charge is -2.22. The Bertz CT molecular complexity index is 899. The lowest BCUT2D eigenvalue weighted by atomic mass is 9.93. The van der Waals surface area contributed by atoms with Crippen molar-refractivity contribution >= 4 is 40.9 Å². The fraction of sp³-hybridized carbons (Fsp3) is 0.278. The van der Waals surface area contributed by atoms with Crippen molar-refractivity contribution in [2.24, 2.45) is 4.99 Å². The summed E-state index contributed by atoms with van der Waals surface area (Å²) in [7, 11) is 0. The first kappa shape index (κ1) is 19.2. The highest BCUT2D eigenvalue weighted by molar-refractivity contribution is 8.00. The lowest BCUT2D eigenvalue weighted by Crippen LogP contribution is -2.42. The van der Waals surface area contributed by atoms with E-state index in [0.29, 0.717) is 11.4 Å². The molecule has 0 radical (unpaired) electrons. The topological polar surface area (TPSA) is 152 Å². The molecule has 2 heterocycles. The summed E-state index contributed by atoms with van der Waals surface area (Å²) in [5, 5.41) is 37.0. The van der Waals surface area contributed by atoms with Gasteiger partial charge in [-0.2, -0.15) is 0 Å². The molecule has 0 saturated carbocycles. The van der Waals surface area contributed by atoms with Crippen molar-refractivity contribution in [2.45, 2.75) is 29.9 Å². The van der Waals surface area contributed by atoms with Crippen molar-refractivity contribution in [1.82, 2.24) is 9.97 Å². The zero-order chi connectivity index (χ0) is 19.6. The average molecular weight is 384 g/mol. The minimum atomic E-state index is -1.53. The van der Waals surface area contributed by atoms with Crippen LogP contribution in [0.15, 0.2) is 40.5 Å². The second kappa shape index (κ2) is 7.95. The predicted molar refractivity (Wildman–Crippen MR) is 107 cm³/mol. The van der Waals surface area contributed by atoms with Crippen LogP contribution in [0.2, 0.25) is 0 Å². The number of benzene rings is 1. The minimum absolute atomic E-state index is 0.0600. The normalized spacial score (nSPS) is 17.4. The molecule has 1 aromatic carbocycles. The van der Waals surface area contributed by atoms with Crippen LogP contribution in [0.4, 0.5) is 11.5 Å². The summed E-state index contributed by atoms with van der Waals surface area (Å²) >= 11 is 1.39. The highest BCUT2D eigenvalue weighted by Gasteiger charge is 2.34. The molecule has 140 valence electrons. The van der Waals surface area contributed by atoms with Gasteiger partial charge in [-0.3, -0.25) is 4.99 Å². The molecule has 0 bridgehead atoms. The molecule has 1 unspecified atom stereocenters. The summed E-state index contributed by atoms with van der Waals surface area (Å²) in [5.74, 6) is -0.296. The number of anilines is 1. The van der Waals surface area contributed by atoms with Gasteiger partial charge >= 0.3 is 0 Å². The number of aliphatic hydroxyl groups is 2. The largest absolute Gasteiger partial charge is 0.384 e. The molecule has 0 fully saturated rings. The fourth-order valence-electron chi connectivity index (χ4n) is 2.64. The molecule has 3 atom stereocenters. The van der Waals surface area contributed by atoms with E-state index in [-0.39, 0.29) is 23.0 Å². The Morgan fingerprint density at radius 3 is 2.59 bits per heavy atom. The standard InChI is InChI=1S/C18H20N6O2S/c1-9-2-4-10(5-3-9)27-7-12(19)16(25)17(26)13(20)11-6-22-15-14(11)23-8-24-18(15)21/h2-6,8,11,16-17,19-20,25-26H,7H2,1H3,(H2,21,23,24)/t11?,16-,17+/m0/s1. The second-order valence-corrected chi connectivity index (χ2v) is 7.27. The number of thioether (sulfide) groups is 1. The number of aryl methyl sites for hydroxylation is 1. The Kier molecular flexibility index (Phi) is 5.64. The molecule has 0 saturated heterocycles. The van der Waals surface area contributed by atoms with Gasteiger partial charge in [0.25, 0.3) is 0 Å². The number of hydrogen-bond acceptors (Lipinski definition) is 9. The molecule has 8 nitrogen and oxygen atoms in total. The Morgan fingerprint density at radius 2 is 1.89 bits per heavy atom. The van der Waals surface area contributed by atoms with Gasteiger partial charge < -0.3 is 26.8 Å². The van der Waals surface area contributed by atoms with Gasteiger partial charge in [-0.15, -0.1) is 11.8 Å². The molecular weight excluding hydrogens is 364 g/mol. The third-order valence-corrected chi connectivity index (χ3v) is 5.31. The summed E-state index contributed by atoms with van der Waals surface area (Å²) in [5.41, 5.74) is 7.42. The van der Waals surface area contributed by atoms with Crippen LogP contribution in [0.5, 0.6) is 0 Å². The number of nitrogen functional groups attached to an aromatic ring is 1. The van der Waals surface area contributed by atoms with Crippen LogP contribution in [-0.4, -0.2) is 55.8 Å². The minimum Gasteiger partial charge on any atom is -0.384 e. The lowest BCUT2D eigenvalue weighted by molar-refractivity contribution is 0.103. The van der Waals surface area contributed by atoms with Gasteiger partial charge in [-0.05, 0) is 19.1 Å². The summed E-state index contributed by atoms with van der Waals surface area (Å²) in [6.45, 7) is 1.99. The number of fused-ring (bicyclic) bond motifs is 1. The van der Waals surface area contributed by atoms with Crippen molar-refractivity contribution in [1.29, 1.82) is 10.8 Å². The number of nitrogens with two attached hydrogens (primary N) is 1. The zero-order valence-electron chi connectivity index (χ0n) is 14.6. The number of aromatic nitrogens is 2. The Labute approximate surface area is 160 Å². The van der Waals surface area contributed by atoms with Crippen molar-refractivity contribution in [3.05, 3.63) is 41.9 Å².